The van der Waals surface area contributed by atoms with Gasteiger partial charge in [0.25, 0.3) is 0 Å². The van der Waals surface area contributed by atoms with E-state index in [0.717, 1.165) is 6.42 Å². The molecule has 70 valence electrons. The minimum absolute atomic E-state index is 0.650. The van der Waals surface area contributed by atoms with Gasteiger partial charge in [-0.3, -0.25) is 0 Å². The molecule has 0 aromatic carbocycles. The second-order valence-corrected chi connectivity index (χ2v) is 3.66. The Morgan fingerprint density at radius 3 is 2.00 bits per heavy atom. The van der Waals surface area contributed by atoms with Crippen LogP contribution in [0.4, 0.5) is 0 Å². The van der Waals surface area contributed by atoms with Crippen molar-refractivity contribution < 1.29 is 0 Å². The van der Waals surface area contributed by atoms with Crippen LogP contribution in [0.1, 0.15) is 48.0 Å². The predicted molar refractivity (Wildman–Crippen MR) is 57.3 cm³/mol. The van der Waals surface area contributed by atoms with Gasteiger partial charge >= 0.3 is 0 Å². The van der Waals surface area contributed by atoms with Crippen molar-refractivity contribution in [1.82, 2.24) is 0 Å². The minimum atomic E-state index is 0.650. The Labute approximate surface area is 77.4 Å². The van der Waals surface area contributed by atoms with E-state index in [1.165, 1.54) is 16.7 Å². The van der Waals surface area contributed by atoms with E-state index >= 15 is 0 Å². The van der Waals surface area contributed by atoms with Crippen LogP contribution in [0.5, 0.6) is 0 Å². The zero-order valence-electron chi connectivity index (χ0n) is 9.36. The molecule has 0 aliphatic heterocycles. The Morgan fingerprint density at radius 1 is 1.25 bits per heavy atom. The molecule has 0 saturated heterocycles. The molecule has 0 N–H and O–H groups in total. The summed E-state index contributed by atoms with van der Waals surface area (Å²) in [6.07, 6.45) is 3.40. The molecule has 0 aliphatic rings. The molecule has 0 spiro atoms. The first-order valence-corrected chi connectivity index (χ1v) is 4.87. The Balaban J connectivity index is 4.77. The van der Waals surface area contributed by atoms with Gasteiger partial charge in [0.05, 0.1) is 0 Å². The maximum atomic E-state index is 2.25. The van der Waals surface area contributed by atoms with Crippen LogP contribution in [-0.4, -0.2) is 0 Å². The first-order chi connectivity index (χ1) is 5.54. The molecule has 0 saturated carbocycles. The molecule has 0 unspecified atom stereocenters. The standard InChI is InChI=1S/C12H22/c1-7-10(5)11(6)12(8-2)9(3)4/h8-9H,7H2,1-6H3. The summed E-state index contributed by atoms with van der Waals surface area (Å²) in [6.45, 7) is 13.3. The second kappa shape index (κ2) is 5.18. The Bertz CT molecular complexity index is 192. The summed E-state index contributed by atoms with van der Waals surface area (Å²) in [7, 11) is 0. The monoisotopic (exact) mass is 166 g/mol. The smallest absolute Gasteiger partial charge is 0.0219 e. The third-order valence-corrected chi connectivity index (χ3v) is 2.54. The van der Waals surface area contributed by atoms with Crippen molar-refractivity contribution in [3.05, 3.63) is 22.8 Å². The summed E-state index contributed by atoms with van der Waals surface area (Å²) < 4.78 is 0. The van der Waals surface area contributed by atoms with Gasteiger partial charge in [0.15, 0.2) is 0 Å². The lowest BCUT2D eigenvalue weighted by molar-refractivity contribution is 0.769. The first-order valence-electron chi connectivity index (χ1n) is 4.87. The third-order valence-electron chi connectivity index (χ3n) is 2.54. The van der Waals surface area contributed by atoms with E-state index in [1.54, 1.807) is 0 Å². The normalized spacial score (nSPS) is 15.1. The lowest BCUT2D eigenvalue weighted by atomic mass is 9.92. The molecule has 0 bridgehead atoms. The van der Waals surface area contributed by atoms with Crippen LogP contribution in [-0.2, 0) is 0 Å². The summed E-state index contributed by atoms with van der Waals surface area (Å²) in [5.74, 6) is 0.650. The second-order valence-electron chi connectivity index (χ2n) is 3.66. The van der Waals surface area contributed by atoms with Gasteiger partial charge in [0.1, 0.15) is 0 Å². The van der Waals surface area contributed by atoms with E-state index in [1.807, 2.05) is 0 Å². The van der Waals surface area contributed by atoms with Crippen molar-refractivity contribution in [1.29, 1.82) is 0 Å². The zero-order valence-corrected chi connectivity index (χ0v) is 9.36. The van der Waals surface area contributed by atoms with Crippen LogP contribution in [0.15, 0.2) is 22.8 Å². The highest BCUT2D eigenvalue weighted by Crippen LogP contribution is 2.22. The maximum absolute atomic E-state index is 2.25. The van der Waals surface area contributed by atoms with Gasteiger partial charge in [-0.25, -0.2) is 0 Å². The van der Waals surface area contributed by atoms with Gasteiger partial charge in [-0.2, -0.15) is 0 Å². The van der Waals surface area contributed by atoms with E-state index in [4.69, 9.17) is 0 Å². The van der Waals surface area contributed by atoms with Gasteiger partial charge < -0.3 is 0 Å². The summed E-state index contributed by atoms with van der Waals surface area (Å²) in [5.41, 5.74) is 4.49. The summed E-state index contributed by atoms with van der Waals surface area (Å²) in [4.78, 5) is 0. The Morgan fingerprint density at radius 2 is 1.75 bits per heavy atom. The van der Waals surface area contributed by atoms with E-state index in [0.29, 0.717) is 5.92 Å². The fraction of sp³-hybridized carbons (Fsp3) is 0.667. The molecule has 0 radical (unpaired) electrons. The van der Waals surface area contributed by atoms with Gasteiger partial charge in [0.2, 0.25) is 0 Å². The molecule has 0 rings (SSSR count). The predicted octanol–water partition coefficient (Wildman–Crippen LogP) is 4.34. The van der Waals surface area contributed by atoms with Crippen molar-refractivity contribution >= 4 is 0 Å². The van der Waals surface area contributed by atoms with E-state index < -0.39 is 0 Å². The SMILES string of the molecule is CC=C(C(C)=C(C)CC)C(C)C. The van der Waals surface area contributed by atoms with Crippen molar-refractivity contribution in [2.45, 2.75) is 48.0 Å². The van der Waals surface area contributed by atoms with Gasteiger partial charge in [-0.1, -0.05) is 32.4 Å². The Hall–Kier alpha value is -0.520. The number of hydrogen-bond donors (Lipinski definition) is 0. The van der Waals surface area contributed by atoms with Crippen LogP contribution in [0.2, 0.25) is 0 Å². The highest BCUT2D eigenvalue weighted by atomic mass is 14.1. The van der Waals surface area contributed by atoms with Crippen LogP contribution >= 0.6 is 0 Å². The van der Waals surface area contributed by atoms with Crippen LogP contribution < -0.4 is 0 Å². The maximum Gasteiger partial charge on any atom is -0.0219 e. The fourth-order valence-corrected chi connectivity index (χ4v) is 1.49. The molecule has 0 atom stereocenters. The summed E-state index contributed by atoms with van der Waals surface area (Å²) in [6, 6.07) is 0. The van der Waals surface area contributed by atoms with E-state index in [-0.39, 0.29) is 0 Å². The number of allylic oxidation sites excluding steroid dienone is 4. The lowest BCUT2D eigenvalue weighted by Gasteiger charge is -2.14. The highest BCUT2D eigenvalue weighted by Gasteiger charge is 2.05. The highest BCUT2D eigenvalue weighted by molar-refractivity contribution is 5.33. The molecule has 0 heteroatoms. The minimum Gasteiger partial charge on any atom is -0.0839 e. The largest absolute Gasteiger partial charge is 0.0839 e. The van der Waals surface area contributed by atoms with Crippen molar-refractivity contribution in [3.63, 3.8) is 0 Å². The molecule has 0 aromatic rings. The molecule has 12 heavy (non-hydrogen) atoms. The number of hydrogen-bond acceptors (Lipinski definition) is 0. The molecular formula is C12H22. The van der Waals surface area contributed by atoms with E-state index in [2.05, 4.69) is 47.6 Å². The third kappa shape index (κ3) is 2.84. The first kappa shape index (κ1) is 11.5. The van der Waals surface area contributed by atoms with Crippen molar-refractivity contribution in [2.75, 3.05) is 0 Å². The molecule has 0 amide bonds. The summed E-state index contributed by atoms with van der Waals surface area (Å²) >= 11 is 0. The number of rotatable bonds is 3. The van der Waals surface area contributed by atoms with Crippen LogP contribution in [0.3, 0.4) is 0 Å². The van der Waals surface area contributed by atoms with Crippen molar-refractivity contribution in [3.8, 4) is 0 Å². The molecule has 0 heterocycles. The average Bonchev–Trinajstić information content (AvgIpc) is 2.03. The topological polar surface area (TPSA) is 0 Å². The quantitative estimate of drug-likeness (QED) is 0.547. The van der Waals surface area contributed by atoms with Gasteiger partial charge in [0, 0.05) is 0 Å². The molecule has 0 aliphatic carbocycles. The molecular weight excluding hydrogens is 144 g/mol. The van der Waals surface area contributed by atoms with Gasteiger partial charge in [-0.15, -0.1) is 0 Å². The molecule has 0 nitrogen and oxygen atoms in total. The van der Waals surface area contributed by atoms with Crippen molar-refractivity contribution in [2.24, 2.45) is 5.92 Å². The van der Waals surface area contributed by atoms with Crippen LogP contribution in [0, 0.1) is 5.92 Å². The summed E-state index contributed by atoms with van der Waals surface area (Å²) in [5, 5.41) is 0. The fourth-order valence-electron chi connectivity index (χ4n) is 1.49. The van der Waals surface area contributed by atoms with Gasteiger partial charge in [-0.05, 0) is 44.3 Å². The average molecular weight is 166 g/mol. The zero-order chi connectivity index (χ0) is 9.72. The lowest BCUT2D eigenvalue weighted by Crippen LogP contribution is -1.97. The molecule has 0 aromatic heterocycles. The van der Waals surface area contributed by atoms with Crippen LogP contribution in [0.25, 0.3) is 0 Å². The van der Waals surface area contributed by atoms with E-state index in [9.17, 15) is 0 Å². The Kier molecular flexibility index (Phi) is 4.96. The molecule has 0 fully saturated rings.